The molecule has 2 heterocycles. The Kier molecular flexibility index (Phi) is 5.90. The monoisotopic (exact) mass is 453 g/mol. The minimum atomic E-state index is -0.385. The number of para-hydroxylation sites is 1. The van der Waals surface area contributed by atoms with E-state index in [1.54, 1.807) is 12.0 Å². The molecule has 2 amide bonds. The lowest BCUT2D eigenvalue weighted by Gasteiger charge is -2.26. The summed E-state index contributed by atoms with van der Waals surface area (Å²) in [7, 11) is 1.59. The van der Waals surface area contributed by atoms with Gasteiger partial charge in [-0.1, -0.05) is 66.2 Å². The van der Waals surface area contributed by atoms with Gasteiger partial charge in [0.15, 0.2) is 0 Å². The Hall–Kier alpha value is -3.90. The molecule has 5 rings (SSSR count). The van der Waals surface area contributed by atoms with E-state index >= 15 is 0 Å². The topological polar surface area (TPSA) is 74.4 Å². The predicted molar refractivity (Wildman–Crippen MR) is 133 cm³/mol. The number of nitrogens with zero attached hydrogens (tertiary/aromatic N) is 1. The summed E-state index contributed by atoms with van der Waals surface area (Å²) in [6, 6.07) is 23.7. The normalized spacial score (nSPS) is 15.1. The van der Waals surface area contributed by atoms with E-state index in [-0.39, 0.29) is 24.4 Å². The quantitative estimate of drug-likeness (QED) is 0.406. The standard InChI is InChI=1S/C28H27N3O3/c1-18-11-13-19(14-12-18)26-25(22-9-5-6-10-23(22)30-26)27-20-7-3-4-8-21(20)28(33)31(27)17-24(32)29-15-16-34-2/h3-14,27,30H,15-17H2,1-2H3,(H,29,32)/t27-/m0/s1. The third-order valence-electron chi connectivity index (χ3n) is 6.36. The van der Waals surface area contributed by atoms with Gasteiger partial charge < -0.3 is 19.9 Å². The van der Waals surface area contributed by atoms with Crippen LogP contribution in [0.1, 0.15) is 33.1 Å². The first-order chi connectivity index (χ1) is 16.6. The Morgan fingerprint density at radius 1 is 1.03 bits per heavy atom. The molecule has 0 spiro atoms. The Labute approximate surface area is 198 Å². The number of fused-ring (bicyclic) bond motifs is 2. The summed E-state index contributed by atoms with van der Waals surface area (Å²) in [6.07, 6.45) is 0. The molecule has 34 heavy (non-hydrogen) atoms. The van der Waals surface area contributed by atoms with Crippen molar-refractivity contribution in [3.05, 3.63) is 95.1 Å². The second-order valence-electron chi connectivity index (χ2n) is 8.59. The maximum absolute atomic E-state index is 13.5. The van der Waals surface area contributed by atoms with Gasteiger partial charge in [0.05, 0.1) is 18.3 Å². The van der Waals surface area contributed by atoms with Crippen molar-refractivity contribution in [3.63, 3.8) is 0 Å². The molecule has 6 heteroatoms. The second kappa shape index (κ2) is 9.15. The first-order valence-electron chi connectivity index (χ1n) is 11.4. The van der Waals surface area contributed by atoms with Crippen molar-refractivity contribution in [1.29, 1.82) is 0 Å². The summed E-state index contributed by atoms with van der Waals surface area (Å²) in [4.78, 5) is 31.5. The number of nitrogens with one attached hydrogen (secondary N) is 2. The first-order valence-corrected chi connectivity index (χ1v) is 11.4. The number of amides is 2. The average Bonchev–Trinajstić information content (AvgIpc) is 3.35. The number of H-pyrrole nitrogens is 1. The van der Waals surface area contributed by atoms with Gasteiger partial charge in [-0.25, -0.2) is 0 Å². The van der Waals surface area contributed by atoms with Crippen LogP contribution in [0.2, 0.25) is 0 Å². The summed E-state index contributed by atoms with van der Waals surface area (Å²) in [5.74, 6) is -0.345. The molecule has 0 radical (unpaired) electrons. The number of aromatic amines is 1. The van der Waals surface area contributed by atoms with E-state index in [0.717, 1.165) is 33.3 Å². The van der Waals surface area contributed by atoms with Crippen molar-refractivity contribution >= 4 is 22.7 Å². The summed E-state index contributed by atoms with van der Waals surface area (Å²) in [6.45, 7) is 2.85. The molecular formula is C28H27N3O3. The molecule has 2 N–H and O–H groups in total. The first kappa shape index (κ1) is 21.9. The van der Waals surface area contributed by atoms with E-state index in [1.165, 1.54) is 5.56 Å². The maximum Gasteiger partial charge on any atom is 0.255 e. The zero-order chi connectivity index (χ0) is 23.7. The van der Waals surface area contributed by atoms with E-state index in [4.69, 9.17) is 4.74 Å². The lowest BCUT2D eigenvalue weighted by molar-refractivity contribution is -0.122. The van der Waals surface area contributed by atoms with E-state index in [9.17, 15) is 9.59 Å². The molecule has 6 nitrogen and oxygen atoms in total. The summed E-state index contributed by atoms with van der Waals surface area (Å²) < 4.78 is 5.04. The number of aromatic nitrogens is 1. The van der Waals surface area contributed by atoms with Crippen LogP contribution in [0.25, 0.3) is 22.2 Å². The van der Waals surface area contributed by atoms with Gasteiger partial charge in [0.25, 0.3) is 5.91 Å². The van der Waals surface area contributed by atoms with Crippen LogP contribution in [0, 0.1) is 6.92 Å². The number of methoxy groups -OCH3 is 1. The van der Waals surface area contributed by atoms with E-state index in [2.05, 4.69) is 47.6 Å². The SMILES string of the molecule is COCCNC(=O)CN1C(=O)c2ccccc2[C@H]1c1c(-c2ccc(C)cc2)[nH]c2ccccc12. The minimum Gasteiger partial charge on any atom is -0.383 e. The van der Waals surface area contributed by atoms with Gasteiger partial charge >= 0.3 is 0 Å². The highest BCUT2D eigenvalue weighted by atomic mass is 16.5. The molecule has 0 fully saturated rings. The highest BCUT2D eigenvalue weighted by molar-refractivity contribution is 6.03. The number of aryl methyl sites for hydroxylation is 1. The zero-order valence-electron chi connectivity index (χ0n) is 19.3. The Morgan fingerprint density at radius 2 is 1.76 bits per heavy atom. The largest absolute Gasteiger partial charge is 0.383 e. The fraction of sp³-hybridized carbons (Fsp3) is 0.214. The molecule has 1 aliphatic rings. The van der Waals surface area contributed by atoms with Crippen molar-refractivity contribution in [2.45, 2.75) is 13.0 Å². The molecule has 0 unspecified atom stereocenters. The molecule has 3 aromatic carbocycles. The molecule has 0 saturated heterocycles. The van der Waals surface area contributed by atoms with Crippen LogP contribution in [0.4, 0.5) is 0 Å². The number of hydrogen-bond acceptors (Lipinski definition) is 3. The van der Waals surface area contributed by atoms with E-state index in [1.807, 2.05) is 42.5 Å². The maximum atomic E-state index is 13.5. The molecule has 1 atom stereocenters. The van der Waals surface area contributed by atoms with Crippen LogP contribution in [0.5, 0.6) is 0 Å². The Balaban J connectivity index is 1.66. The van der Waals surface area contributed by atoms with Gasteiger partial charge in [-0.2, -0.15) is 0 Å². The lowest BCUT2D eigenvalue weighted by atomic mass is 9.93. The van der Waals surface area contributed by atoms with Crippen LogP contribution in [-0.4, -0.2) is 48.5 Å². The number of carbonyl (C=O) groups is 2. The van der Waals surface area contributed by atoms with Gasteiger partial charge in [-0.05, 0) is 30.2 Å². The van der Waals surface area contributed by atoms with Crippen molar-refractivity contribution < 1.29 is 14.3 Å². The fourth-order valence-corrected chi connectivity index (χ4v) is 4.74. The molecular weight excluding hydrogens is 426 g/mol. The summed E-state index contributed by atoms with van der Waals surface area (Å²) in [5.41, 5.74) is 6.72. The molecule has 4 aromatic rings. The third-order valence-corrected chi connectivity index (χ3v) is 6.36. The van der Waals surface area contributed by atoms with Crippen LogP contribution in [-0.2, 0) is 9.53 Å². The summed E-state index contributed by atoms with van der Waals surface area (Å²) >= 11 is 0. The van der Waals surface area contributed by atoms with E-state index < -0.39 is 0 Å². The van der Waals surface area contributed by atoms with Crippen molar-refractivity contribution in [2.24, 2.45) is 0 Å². The molecule has 0 saturated carbocycles. The smallest absolute Gasteiger partial charge is 0.255 e. The molecule has 172 valence electrons. The highest BCUT2D eigenvalue weighted by Gasteiger charge is 2.40. The number of rotatable bonds is 7. The van der Waals surface area contributed by atoms with Gasteiger partial charge in [-0.15, -0.1) is 0 Å². The van der Waals surface area contributed by atoms with Crippen molar-refractivity contribution in [1.82, 2.24) is 15.2 Å². The molecule has 0 bridgehead atoms. The van der Waals surface area contributed by atoms with Crippen LogP contribution >= 0.6 is 0 Å². The Morgan fingerprint density at radius 3 is 2.56 bits per heavy atom. The van der Waals surface area contributed by atoms with Crippen molar-refractivity contribution in [3.8, 4) is 11.3 Å². The van der Waals surface area contributed by atoms with Gasteiger partial charge in [-0.3, -0.25) is 9.59 Å². The van der Waals surface area contributed by atoms with Gasteiger partial charge in [0.2, 0.25) is 5.91 Å². The number of carbonyl (C=O) groups excluding carboxylic acids is 2. The van der Waals surface area contributed by atoms with Crippen LogP contribution in [0.3, 0.4) is 0 Å². The predicted octanol–water partition coefficient (Wildman–Crippen LogP) is 4.45. The fourth-order valence-electron chi connectivity index (χ4n) is 4.74. The average molecular weight is 454 g/mol. The Bertz CT molecular complexity index is 1360. The molecule has 0 aliphatic carbocycles. The number of benzene rings is 3. The third kappa shape index (κ3) is 3.86. The van der Waals surface area contributed by atoms with E-state index in [0.29, 0.717) is 18.7 Å². The van der Waals surface area contributed by atoms with Crippen LogP contribution < -0.4 is 5.32 Å². The lowest BCUT2D eigenvalue weighted by Crippen LogP contribution is -2.40. The van der Waals surface area contributed by atoms with Gasteiger partial charge in [0, 0.05) is 35.7 Å². The van der Waals surface area contributed by atoms with Crippen molar-refractivity contribution in [2.75, 3.05) is 26.8 Å². The molecule has 1 aromatic heterocycles. The van der Waals surface area contributed by atoms with Gasteiger partial charge in [0.1, 0.15) is 6.54 Å². The minimum absolute atomic E-state index is 0.0330. The number of hydrogen-bond donors (Lipinski definition) is 2. The number of ether oxygens (including phenoxy) is 1. The van der Waals surface area contributed by atoms with Crippen LogP contribution in [0.15, 0.2) is 72.8 Å². The highest BCUT2D eigenvalue weighted by Crippen LogP contribution is 2.45. The molecule has 1 aliphatic heterocycles. The second-order valence-corrected chi connectivity index (χ2v) is 8.59. The zero-order valence-corrected chi connectivity index (χ0v) is 19.3. The summed E-state index contributed by atoms with van der Waals surface area (Å²) in [5, 5.41) is 3.89.